The Kier molecular flexibility index (Phi) is 4.22. The Morgan fingerprint density at radius 2 is 1.70 bits per heavy atom. The molecule has 1 saturated heterocycles. The molecule has 0 N–H and O–H groups in total. The van der Waals surface area contributed by atoms with E-state index in [1.54, 1.807) is 4.90 Å². The summed E-state index contributed by atoms with van der Waals surface area (Å²) in [5.74, 6) is -0.546. The molecule has 0 aromatic carbocycles. The summed E-state index contributed by atoms with van der Waals surface area (Å²) in [6.07, 6.45) is 8.93. The number of hydrogen-bond donors (Lipinski definition) is 0. The summed E-state index contributed by atoms with van der Waals surface area (Å²) in [6, 6.07) is 0.508. The topological polar surface area (TPSA) is 40.6 Å². The predicted octanol–water partition coefficient (Wildman–Crippen LogP) is 3.20. The lowest BCUT2D eigenvalue weighted by Crippen LogP contribution is -2.49. The van der Waals surface area contributed by atoms with Gasteiger partial charge < -0.3 is 9.80 Å². The number of fused-ring (bicyclic) bond motifs is 2. The Morgan fingerprint density at radius 3 is 2.35 bits per heavy atom. The van der Waals surface area contributed by atoms with Crippen molar-refractivity contribution in [2.24, 2.45) is 10.8 Å². The van der Waals surface area contributed by atoms with Crippen LogP contribution in [0.25, 0.3) is 0 Å². The Balaban J connectivity index is 1.69. The number of rotatable bonds is 1. The summed E-state index contributed by atoms with van der Waals surface area (Å²) < 4.78 is 0. The standard InChI is InChI=1S/C19H32N2O2/c1-18(2)10-15-11-19(3,12-18)13-21(15)17(23)16(22)20(4)14-8-6-5-7-9-14/h14-15H,5-13H2,1-4H3. The summed E-state index contributed by atoms with van der Waals surface area (Å²) in [4.78, 5) is 29.2. The lowest BCUT2D eigenvalue weighted by molar-refractivity contribution is -0.153. The van der Waals surface area contributed by atoms with E-state index >= 15 is 0 Å². The summed E-state index contributed by atoms with van der Waals surface area (Å²) >= 11 is 0. The van der Waals surface area contributed by atoms with E-state index in [1.807, 2.05) is 11.9 Å². The van der Waals surface area contributed by atoms with E-state index in [0.29, 0.717) is 0 Å². The molecule has 0 aromatic heterocycles. The van der Waals surface area contributed by atoms with Gasteiger partial charge in [-0.15, -0.1) is 0 Å². The molecule has 23 heavy (non-hydrogen) atoms. The van der Waals surface area contributed by atoms with Gasteiger partial charge >= 0.3 is 11.8 Å². The number of amides is 2. The van der Waals surface area contributed by atoms with Gasteiger partial charge in [0.1, 0.15) is 0 Å². The van der Waals surface area contributed by atoms with Crippen LogP contribution < -0.4 is 0 Å². The highest BCUT2D eigenvalue weighted by Crippen LogP contribution is 2.52. The van der Waals surface area contributed by atoms with E-state index < -0.39 is 0 Å². The van der Waals surface area contributed by atoms with Gasteiger partial charge in [0.15, 0.2) is 0 Å². The van der Waals surface area contributed by atoms with Crippen molar-refractivity contribution in [1.82, 2.24) is 9.80 Å². The molecule has 2 bridgehead atoms. The first kappa shape index (κ1) is 16.8. The monoisotopic (exact) mass is 320 g/mol. The highest BCUT2D eigenvalue weighted by Gasteiger charge is 2.52. The number of carbonyl (C=O) groups is 2. The van der Waals surface area contributed by atoms with Crippen LogP contribution in [0, 0.1) is 10.8 Å². The molecule has 0 radical (unpaired) electrons. The fourth-order valence-corrected chi connectivity index (χ4v) is 5.61. The first-order valence-corrected chi connectivity index (χ1v) is 9.29. The van der Waals surface area contributed by atoms with E-state index in [-0.39, 0.29) is 34.7 Å². The van der Waals surface area contributed by atoms with Gasteiger partial charge in [-0.3, -0.25) is 9.59 Å². The van der Waals surface area contributed by atoms with Crippen LogP contribution in [0.15, 0.2) is 0 Å². The molecule has 0 aromatic rings. The molecule has 4 nitrogen and oxygen atoms in total. The summed E-state index contributed by atoms with van der Waals surface area (Å²) in [6.45, 7) is 7.62. The Morgan fingerprint density at radius 1 is 1.04 bits per heavy atom. The lowest BCUT2D eigenvalue weighted by atomic mass is 9.65. The second kappa shape index (κ2) is 5.78. The third kappa shape index (κ3) is 3.27. The Labute approximate surface area is 140 Å². The lowest BCUT2D eigenvalue weighted by Gasteiger charge is -2.39. The van der Waals surface area contributed by atoms with Crippen LogP contribution in [0.2, 0.25) is 0 Å². The smallest absolute Gasteiger partial charge is 0.312 e. The third-order valence-electron chi connectivity index (χ3n) is 6.30. The molecular weight excluding hydrogens is 288 g/mol. The molecule has 4 heteroatoms. The van der Waals surface area contributed by atoms with Crippen LogP contribution in [0.1, 0.15) is 72.1 Å². The molecule has 3 aliphatic rings. The normalized spacial score (nSPS) is 33.6. The number of nitrogens with zero attached hydrogens (tertiary/aromatic N) is 2. The molecule has 0 spiro atoms. The van der Waals surface area contributed by atoms with Crippen molar-refractivity contribution in [2.45, 2.75) is 84.2 Å². The van der Waals surface area contributed by atoms with Crippen molar-refractivity contribution in [2.75, 3.05) is 13.6 Å². The highest BCUT2D eigenvalue weighted by molar-refractivity contribution is 6.35. The van der Waals surface area contributed by atoms with Crippen molar-refractivity contribution >= 4 is 11.8 Å². The van der Waals surface area contributed by atoms with Gasteiger partial charge in [0.05, 0.1) is 0 Å². The molecular formula is C19H32N2O2. The number of carbonyl (C=O) groups excluding carboxylic acids is 2. The molecule has 2 aliphatic carbocycles. The maximum absolute atomic E-state index is 12.9. The highest BCUT2D eigenvalue weighted by atomic mass is 16.2. The van der Waals surface area contributed by atoms with Gasteiger partial charge in [0.2, 0.25) is 0 Å². The van der Waals surface area contributed by atoms with Gasteiger partial charge in [0, 0.05) is 25.7 Å². The van der Waals surface area contributed by atoms with E-state index in [2.05, 4.69) is 20.8 Å². The molecule has 1 heterocycles. The van der Waals surface area contributed by atoms with Crippen LogP contribution in [0.5, 0.6) is 0 Å². The van der Waals surface area contributed by atoms with Crippen LogP contribution >= 0.6 is 0 Å². The van der Waals surface area contributed by atoms with Gasteiger partial charge in [0.25, 0.3) is 0 Å². The Hall–Kier alpha value is -1.06. The van der Waals surface area contributed by atoms with Crippen molar-refractivity contribution in [3.63, 3.8) is 0 Å². The average Bonchev–Trinajstić information content (AvgIpc) is 2.75. The first-order valence-electron chi connectivity index (χ1n) is 9.29. The molecule has 2 atom stereocenters. The maximum atomic E-state index is 12.9. The van der Waals surface area contributed by atoms with Crippen LogP contribution in [0.4, 0.5) is 0 Å². The summed E-state index contributed by atoms with van der Waals surface area (Å²) in [7, 11) is 1.82. The van der Waals surface area contributed by atoms with E-state index in [0.717, 1.165) is 38.6 Å². The molecule has 3 fully saturated rings. The van der Waals surface area contributed by atoms with Crippen molar-refractivity contribution < 1.29 is 9.59 Å². The van der Waals surface area contributed by atoms with E-state index in [9.17, 15) is 9.59 Å². The van der Waals surface area contributed by atoms with Crippen LogP contribution in [-0.2, 0) is 9.59 Å². The van der Waals surface area contributed by atoms with Crippen molar-refractivity contribution in [3.8, 4) is 0 Å². The summed E-state index contributed by atoms with van der Waals surface area (Å²) in [5, 5.41) is 0. The van der Waals surface area contributed by atoms with Gasteiger partial charge in [-0.25, -0.2) is 0 Å². The van der Waals surface area contributed by atoms with Crippen LogP contribution in [-0.4, -0.2) is 47.3 Å². The van der Waals surface area contributed by atoms with Crippen molar-refractivity contribution in [3.05, 3.63) is 0 Å². The Bertz CT molecular complexity index is 496. The SMILES string of the molecule is CN(C(=O)C(=O)N1CC2(C)CC1CC(C)(C)C2)C1CCCCC1. The quantitative estimate of drug-likeness (QED) is 0.696. The number of likely N-dealkylation sites (tertiary alicyclic amines) is 1. The second-order valence-electron chi connectivity index (χ2n) is 9.35. The molecule has 2 saturated carbocycles. The average molecular weight is 320 g/mol. The van der Waals surface area contributed by atoms with Gasteiger partial charge in [-0.1, -0.05) is 40.0 Å². The second-order valence-corrected chi connectivity index (χ2v) is 9.35. The maximum Gasteiger partial charge on any atom is 0.312 e. The fourth-order valence-electron chi connectivity index (χ4n) is 5.61. The molecule has 130 valence electrons. The molecule has 2 unspecified atom stereocenters. The number of hydrogen-bond acceptors (Lipinski definition) is 2. The predicted molar refractivity (Wildman–Crippen MR) is 90.9 cm³/mol. The largest absolute Gasteiger partial charge is 0.335 e. The minimum absolute atomic E-state index is 0.186. The first-order chi connectivity index (χ1) is 10.7. The molecule has 3 rings (SSSR count). The third-order valence-corrected chi connectivity index (χ3v) is 6.30. The van der Waals surface area contributed by atoms with Gasteiger partial charge in [-0.2, -0.15) is 0 Å². The zero-order valence-corrected chi connectivity index (χ0v) is 15.2. The fraction of sp³-hybridized carbons (Fsp3) is 0.895. The van der Waals surface area contributed by atoms with Crippen LogP contribution in [0.3, 0.4) is 0 Å². The van der Waals surface area contributed by atoms with Crippen molar-refractivity contribution in [1.29, 1.82) is 0 Å². The number of likely N-dealkylation sites (N-methyl/N-ethyl adjacent to an activating group) is 1. The molecule has 1 aliphatic heterocycles. The molecule has 2 amide bonds. The minimum Gasteiger partial charge on any atom is -0.335 e. The zero-order valence-electron chi connectivity index (χ0n) is 15.2. The van der Waals surface area contributed by atoms with Gasteiger partial charge in [-0.05, 0) is 42.9 Å². The van der Waals surface area contributed by atoms with E-state index in [1.165, 1.54) is 19.3 Å². The van der Waals surface area contributed by atoms with E-state index in [4.69, 9.17) is 0 Å². The zero-order chi connectivity index (χ0) is 16.8. The minimum atomic E-state index is -0.286. The summed E-state index contributed by atoms with van der Waals surface area (Å²) in [5.41, 5.74) is 0.455.